The van der Waals surface area contributed by atoms with E-state index in [-0.39, 0.29) is 0 Å². The van der Waals surface area contributed by atoms with E-state index in [4.69, 9.17) is 0 Å². The number of nitrogens with zero attached hydrogens (tertiary/aromatic N) is 2. The minimum absolute atomic E-state index is 0.713. The number of rotatable bonds is 8. The lowest BCUT2D eigenvalue weighted by Gasteiger charge is -2.25. The molecule has 17 heavy (non-hydrogen) atoms. The number of pyridine rings is 1. The van der Waals surface area contributed by atoms with Crippen LogP contribution in [0.1, 0.15) is 32.3 Å². The van der Waals surface area contributed by atoms with Gasteiger partial charge in [0.1, 0.15) is 0 Å². The number of hydrogen-bond donors (Lipinski definition) is 1. The van der Waals surface area contributed by atoms with E-state index in [2.05, 4.69) is 48.5 Å². The Kier molecular flexibility index (Phi) is 7.29. The Bertz CT molecular complexity index is 290. The molecule has 0 aromatic carbocycles. The fourth-order valence-electron chi connectivity index (χ4n) is 2.07. The SMILES string of the molecule is CCCC(CS)CN(CC)Cc1ccncc1. The maximum atomic E-state index is 4.45. The second kappa shape index (κ2) is 8.54. The first-order chi connectivity index (χ1) is 8.30. The predicted molar refractivity (Wildman–Crippen MR) is 77.4 cm³/mol. The molecule has 0 bridgehead atoms. The zero-order chi connectivity index (χ0) is 12.5. The Morgan fingerprint density at radius 3 is 2.53 bits per heavy atom. The summed E-state index contributed by atoms with van der Waals surface area (Å²) in [4.78, 5) is 6.55. The van der Waals surface area contributed by atoms with Gasteiger partial charge in [-0.15, -0.1) is 0 Å². The van der Waals surface area contributed by atoms with Crippen LogP contribution in [0.4, 0.5) is 0 Å². The van der Waals surface area contributed by atoms with Crippen LogP contribution in [-0.2, 0) is 6.54 Å². The second-order valence-corrected chi connectivity index (χ2v) is 4.89. The Balaban J connectivity index is 2.48. The first-order valence-corrected chi connectivity index (χ1v) is 7.15. The van der Waals surface area contributed by atoms with Crippen molar-refractivity contribution in [2.45, 2.75) is 33.2 Å². The zero-order valence-electron chi connectivity index (χ0n) is 11.0. The summed E-state index contributed by atoms with van der Waals surface area (Å²) >= 11 is 4.45. The molecule has 1 aromatic rings. The average molecular weight is 252 g/mol. The van der Waals surface area contributed by atoms with Crippen LogP contribution in [-0.4, -0.2) is 28.7 Å². The number of thiol groups is 1. The van der Waals surface area contributed by atoms with Gasteiger partial charge in [-0.1, -0.05) is 20.3 Å². The molecule has 0 saturated heterocycles. The highest BCUT2D eigenvalue weighted by molar-refractivity contribution is 7.80. The van der Waals surface area contributed by atoms with E-state index in [9.17, 15) is 0 Å². The summed E-state index contributed by atoms with van der Waals surface area (Å²) in [5.74, 6) is 1.70. The Hall–Kier alpha value is -0.540. The van der Waals surface area contributed by atoms with Crippen LogP contribution in [0.2, 0.25) is 0 Å². The molecule has 0 aliphatic carbocycles. The molecule has 1 rings (SSSR count). The van der Waals surface area contributed by atoms with Gasteiger partial charge in [0.2, 0.25) is 0 Å². The van der Waals surface area contributed by atoms with Crippen molar-refractivity contribution in [1.29, 1.82) is 0 Å². The van der Waals surface area contributed by atoms with Crippen molar-refractivity contribution in [2.24, 2.45) is 5.92 Å². The van der Waals surface area contributed by atoms with E-state index < -0.39 is 0 Å². The molecule has 0 radical (unpaired) electrons. The molecule has 0 aliphatic heterocycles. The van der Waals surface area contributed by atoms with Crippen LogP contribution >= 0.6 is 12.6 Å². The van der Waals surface area contributed by atoms with Crippen molar-refractivity contribution in [3.8, 4) is 0 Å². The molecule has 1 atom stereocenters. The molecule has 0 fully saturated rings. The van der Waals surface area contributed by atoms with Gasteiger partial charge in [-0.05, 0) is 42.3 Å². The lowest BCUT2D eigenvalue weighted by Crippen LogP contribution is -2.29. The summed E-state index contributed by atoms with van der Waals surface area (Å²) in [6.07, 6.45) is 6.25. The molecule has 3 heteroatoms. The van der Waals surface area contributed by atoms with Gasteiger partial charge in [-0.2, -0.15) is 12.6 Å². The number of aromatic nitrogens is 1. The third-order valence-corrected chi connectivity index (χ3v) is 3.59. The largest absolute Gasteiger partial charge is 0.299 e. The van der Waals surface area contributed by atoms with Crippen molar-refractivity contribution in [2.75, 3.05) is 18.8 Å². The van der Waals surface area contributed by atoms with Crippen molar-refractivity contribution >= 4 is 12.6 Å². The molecular formula is C14H24N2S. The van der Waals surface area contributed by atoms with Gasteiger partial charge >= 0.3 is 0 Å². The summed E-state index contributed by atoms with van der Waals surface area (Å²) in [5, 5.41) is 0. The van der Waals surface area contributed by atoms with Gasteiger partial charge in [-0.25, -0.2) is 0 Å². The third kappa shape index (κ3) is 5.55. The standard InChI is InChI=1S/C14H24N2S/c1-3-5-14(12-17)11-16(4-2)10-13-6-8-15-9-7-13/h6-9,14,17H,3-5,10-12H2,1-2H3. The minimum Gasteiger partial charge on any atom is -0.299 e. The first-order valence-electron chi connectivity index (χ1n) is 6.52. The molecular weight excluding hydrogens is 228 g/mol. The molecule has 0 N–H and O–H groups in total. The van der Waals surface area contributed by atoms with Crippen molar-refractivity contribution in [3.05, 3.63) is 30.1 Å². The summed E-state index contributed by atoms with van der Waals surface area (Å²) in [7, 11) is 0. The lowest BCUT2D eigenvalue weighted by molar-refractivity contribution is 0.236. The highest BCUT2D eigenvalue weighted by Gasteiger charge is 2.11. The van der Waals surface area contributed by atoms with E-state index in [1.807, 2.05) is 12.4 Å². The summed E-state index contributed by atoms with van der Waals surface area (Å²) in [6.45, 7) is 7.73. The normalized spacial score (nSPS) is 12.9. The molecule has 0 aliphatic rings. The van der Waals surface area contributed by atoms with Gasteiger partial charge in [0.05, 0.1) is 0 Å². The van der Waals surface area contributed by atoms with Gasteiger partial charge in [0.25, 0.3) is 0 Å². The highest BCUT2D eigenvalue weighted by Crippen LogP contribution is 2.12. The molecule has 0 amide bonds. The van der Waals surface area contributed by atoms with Crippen LogP contribution in [0, 0.1) is 5.92 Å². The van der Waals surface area contributed by atoms with E-state index in [0.717, 1.165) is 25.4 Å². The molecule has 1 unspecified atom stereocenters. The fraction of sp³-hybridized carbons (Fsp3) is 0.643. The summed E-state index contributed by atoms with van der Waals surface area (Å²) in [5.41, 5.74) is 1.34. The Morgan fingerprint density at radius 1 is 1.29 bits per heavy atom. The smallest absolute Gasteiger partial charge is 0.0271 e. The van der Waals surface area contributed by atoms with Crippen LogP contribution in [0.3, 0.4) is 0 Å². The molecule has 1 heterocycles. The van der Waals surface area contributed by atoms with E-state index in [1.54, 1.807) is 0 Å². The fourth-order valence-corrected chi connectivity index (χ4v) is 2.36. The average Bonchev–Trinajstić information content (AvgIpc) is 2.38. The predicted octanol–water partition coefficient (Wildman–Crippen LogP) is 3.25. The van der Waals surface area contributed by atoms with Crippen molar-refractivity contribution in [1.82, 2.24) is 9.88 Å². The second-order valence-electron chi connectivity index (χ2n) is 4.52. The van der Waals surface area contributed by atoms with E-state index >= 15 is 0 Å². The summed E-state index contributed by atoms with van der Waals surface area (Å²) < 4.78 is 0. The quantitative estimate of drug-likeness (QED) is 0.715. The van der Waals surface area contributed by atoms with Crippen LogP contribution in [0.15, 0.2) is 24.5 Å². The maximum absolute atomic E-state index is 4.45. The van der Waals surface area contributed by atoms with E-state index in [1.165, 1.54) is 18.4 Å². The number of hydrogen-bond acceptors (Lipinski definition) is 3. The molecule has 1 aromatic heterocycles. The molecule has 2 nitrogen and oxygen atoms in total. The van der Waals surface area contributed by atoms with Crippen molar-refractivity contribution < 1.29 is 0 Å². The van der Waals surface area contributed by atoms with Crippen molar-refractivity contribution in [3.63, 3.8) is 0 Å². The van der Waals surface area contributed by atoms with Crippen LogP contribution in [0.5, 0.6) is 0 Å². The third-order valence-electron chi connectivity index (χ3n) is 3.07. The topological polar surface area (TPSA) is 16.1 Å². The zero-order valence-corrected chi connectivity index (χ0v) is 11.9. The Morgan fingerprint density at radius 2 is 2.00 bits per heavy atom. The Labute approximate surface area is 111 Å². The van der Waals surface area contributed by atoms with Gasteiger partial charge in [0.15, 0.2) is 0 Å². The summed E-state index contributed by atoms with van der Waals surface area (Å²) in [6, 6.07) is 4.19. The minimum atomic E-state index is 0.713. The maximum Gasteiger partial charge on any atom is 0.0271 e. The van der Waals surface area contributed by atoms with Crippen LogP contribution in [0.25, 0.3) is 0 Å². The highest BCUT2D eigenvalue weighted by atomic mass is 32.1. The van der Waals surface area contributed by atoms with Gasteiger partial charge < -0.3 is 0 Å². The first kappa shape index (κ1) is 14.5. The molecule has 0 spiro atoms. The lowest BCUT2D eigenvalue weighted by atomic mass is 10.1. The molecule has 0 saturated carbocycles. The van der Waals surface area contributed by atoms with Gasteiger partial charge in [-0.3, -0.25) is 9.88 Å². The van der Waals surface area contributed by atoms with Crippen LogP contribution < -0.4 is 0 Å². The van der Waals surface area contributed by atoms with Gasteiger partial charge in [0, 0.05) is 25.5 Å². The van der Waals surface area contributed by atoms with E-state index in [0.29, 0.717) is 5.92 Å². The monoisotopic (exact) mass is 252 g/mol. The molecule has 96 valence electrons.